The first-order valence-corrected chi connectivity index (χ1v) is 12.6. The molecule has 1 aliphatic carbocycles. The molecule has 0 radical (unpaired) electrons. The number of nitrogens with one attached hydrogen (secondary N) is 1. The van der Waals surface area contributed by atoms with Gasteiger partial charge in [-0.15, -0.1) is 5.10 Å². The molecule has 8 heteroatoms. The van der Waals surface area contributed by atoms with Crippen molar-refractivity contribution in [1.82, 2.24) is 35.1 Å². The van der Waals surface area contributed by atoms with E-state index in [0.717, 1.165) is 47.1 Å². The number of aryl methyl sites for hydroxylation is 2. The van der Waals surface area contributed by atoms with Crippen LogP contribution in [0.25, 0.3) is 10.9 Å². The van der Waals surface area contributed by atoms with Crippen LogP contribution in [-0.4, -0.2) is 35.1 Å². The Labute approximate surface area is 205 Å². The van der Waals surface area contributed by atoms with Crippen LogP contribution in [0, 0.1) is 13.8 Å². The minimum absolute atomic E-state index is 0.0272. The van der Waals surface area contributed by atoms with Crippen LogP contribution < -0.4 is 5.56 Å². The molecule has 0 amide bonds. The van der Waals surface area contributed by atoms with E-state index in [-0.39, 0.29) is 11.6 Å². The molecule has 0 saturated heterocycles. The molecule has 0 aliphatic heterocycles. The van der Waals surface area contributed by atoms with Gasteiger partial charge in [0.2, 0.25) is 0 Å². The van der Waals surface area contributed by atoms with Gasteiger partial charge in [-0.25, -0.2) is 4.68 Å². The molecule has 1 unspecified atom stereocenters. The molecule has 1 aromatic carbocycles. The van der Waals surface area contributed by atoms with E-state index in [1.807, 2.05) is 29.1 Å². The third kappa shape index (κ3) is 4.89. The van der Waals surface area contributed by atoms with E-state index in [0.29, 0.717) is 19.1 Å². The number of hydrogen-bond donors (Lipinski definition) is 1. The van der Waals surface area contributed by atoms with Gasteiger partial charge >= 0.3 is 0 Å². The van der Waals surface area contributed by atoms with Crippen molar-refractivity contribution in [2.24, 2.45) is 0 Å². The van der Waals surface area contributed by atoms with E-state index >= 15 is 0 Å². The molecule has 1 aliphatic rings. The number of aromatic amines is 1. The molecule has 0 bridgehead atoms. The molecule has 0 spiro atoms. The molecule has 8 nitrogen and oxygen atoms in total. The zero-order valence-corrected chi connectivity index (χ0v) is 20.7. The summed E-state index contributed by atoms with van der Waals surface area (Å²) in [5, 5.41) is 14.0. The van der Waals surface area contributed by atoms with Crippen molar-refractivity contribution >= 4 is 10.9 Å². The van der Waals surface area contributed by atoms with Crippen molar-refractivity contribution in [2.45, 2.75) is 78.0 Å². The number of tetrazole rings is 1. The van der Waals surface area contributed by atoms with Gasteiger partial charge < -0.3 is 4.98 Å². The average Bonchev–Trinajstić information content (AvgIpc) is 3.54. The molecule has 1 saturated carbocycles. The number of H-pyrrole nitrogens is 1. The second-order valence-corrected chi connectivity index (χ2v) is 9.76. The summed E-state index contributed by atoms with van der Waals surface area (Å²) in [4.78, 5) is 22.9. The average molecular weight is 472 g/mol. The Morgan fingerprint density at radius 1 is 1.14 bits per heavy atom. The second-order valence-electron chi connectivity index (χ2n) is 9.76. The van der Waals surface area contributed by atoms with E-state index in [2.05, 4.69) is 63.3 Å². The van der Waals surface area contributed by atoms with Gasteiger partial charge in [0.05, 0.1) is 12.1 Å². The molecule has 5 rings (SSSR count). The Morgan fingerprint density at radius 3 is 2.69 bits per heavy atom. The minimum Gasteiger partial charge on any atom is -0.322 e. The van der Waals surface area contributed by atoms with Gasteiger partial charge in [-0.2, -0.15) is 0 Å². The van der Waals surface area contributed by atoms with Gasteiger partial charge in [-0.05, 0) is 89.9 Å². The number of rotatable bonds is 8. The van der Waals surface area contributed by atoms with Gasteiger partial charge in [-0.1, -0.05) is 25.8 Å². The van der Waals surface area contributed by atoms with E-state index in [1.54, 1.807) is 6.20 Å². The van der Waals surface area contributed by atoms with Crippen molar-refractivity contribution < 1.29 is 0 Å². The normalized spacial score (nSPS) is 15.3. The summed E-state index contributed by atoms with van der Waals surface area (Å²) in [5.74, 6) is 0.881. The Kier molecular flexibility index (Phi) is 6.72. The Bertz CT molecular complexity index is 1360. The van der Waals surface area contributed by atoms with E-state index in [1.165, 1.54) is 24.0 Å². The summed E-state index contributed by atoms with van der Waals surface area (Å²) in [6, 6.07) is 10.6. The van der Waals surface area contributed by atoms with Crippen LogP contribution in [0.15, 0.2) is 47.5 Å². The lowest BCUT2D eigenvalue weighted by atomic mass is 10.0. The zero-order chi connectivity index (χ0) is 24.4. The van der Waals surface area contributed by atoms with Crippen LogP contribution in [0.2, 0.25) is 0 Å². The van der Waals surface area contributed by atoms with Crippen molar-refractivity contribution in [3.05, 3.63) is 81.2 Å². The van der Waals surface area contributed by atoms with Crippen LogP contribution >= 0.6 is 0 Å². The van der Waals surface area contributed by atoms with Crippen molar-refractivity contribution in [3.8, 4) is 0 Å². The maximum atomic E-state index is 13.2. The fourth-order valence-corrected chi connectivity index (χ4v) is 5.29. The first kappa shape index (κ1) is 23.4. The molecular formula is C27H33N7O. The number of hydrogen-bond acceptors (Lipinski definition) is 6. The molecule has 1 N–H and O–H groups in total. The molecule has 4 aromatic rings. The molecule has 3 heterocycles. The SMILES string of the molecule is CCC(c1nnnn1C1CCCC1)N(Cc1cccnc1)Cc1cc2cc(C)c(C)cc2[nH]c1=O. The minimum atomic E-state index is -0.0535. The number of aromatic nitrogens is 6. The summed E-state index contributed by atoms with van der Waals surface area (Å²) in [7, 11) is 0. The van der Waals surface area contributed by atoms with Gasteiger partial charge in [0.1, 0.15) is 0 Å². The van der Waals surface area contributed by atoms with Gasteiger partial charge in [0, 0.05) is 36.6 Å². The lowest BCUT2D eigenvalue weighted by Gasteiger charge is -2.31. The topological polar surface area (TPSA) is 92.6 Å². The highest BCUT2D eigenvalue weighted by atomic mass is 16.1. The van der Waals surface area contributed by atoms with Crippen molar-refractivity contribution in [2.75, 3.05) is 0 Å². The van der Waals surface area contributed by atoms with Crippen LogP contribution in [0.3, 0.4) is 0 Å². The summed E-state index contributed by atoms with van der Waals surface area (Å²) >= 11 is 0. The Hall–Kier alpha value is -3.39. The van der Waals surface area contributed by atoms with Crippen molar-refractivity contribution in [1.29, 1.82) is 0 Å². The summed E-state index contributed by atoms with van der Waals surface area (Å²) in [5.41, 5.74) is 5.03. The summed E-state index contributed by atoms with van der Waals surface area (Å²) < 4.78 is 2.04. The highest BCUT2D eigenvalue weighted by Gasteiger charge is 2.29. The highest BCUT2D eigenvalue weighted by Crippen LogP contribution is 2.33. The predicted molar refractivity (Wildman–Crippen MR) is 136 cm³/mol. The van der Waals surface area contributed by atoms with E-state index in [4.69, 9.17) is 0 Å². The second kappa shape index (κ2) is 10.1. The smallest absolute Gasteiger partial charge is 0.252 e. The maximum Gasteiger partial charge on any atom is 0.252 e. The van der Waals surface area contributed by atoms with Gasteiger partial charge in [0.15, 0.2) is 5.82 Å². The first-order chi connectivity index (χ1) is 17.0. The molecule has 182 valence electrons. The Morgan fingerprint density at radius 2 is 1.94 bits per heavy atom. The molecular weight excluding hydrogens is 438 g/mol. The summed E-state index contributed by atoms with van der Waals surface area (Å²) in [6.07, 6.45) is 9.15. The quantitative estimate of drug-likeness (QED) is 0.397. The lowest BCUT2D eigenvalue weighted by Crippen LogP contribution is -2.32. The standard InChI is InChI=1S/C27H33N7O/c1-4-25(26-30-31-32-34(26)23-9-5-6-10-23)33(16-20-8-7-11-28-15-20)17-22-14-21-12-18(2)19(3)13-24(21)29-27(22)35/h7-8,11-15,23,25H,4-6,9-10,16-17H2,1-3H3,(H,29,35). The molecule has 1 fully saturated rings. The highest BCUT2D eigenvalue weighted by molar-refractivity contribution is 5.80. The van der Waals surface area contributed by atoms with Crippen molar-refractivity contribution in [3.63, 3.8) is 0 Å². The number of nitrogens with zero attached hydrogens (tertiary/aromatic N) is 6. The van der Waals surface area contributed by atoms with Crippen LogP contribution in [-0.2, 0) is 13.1 Å². The predicted octanol–water partition coefficient (Wildman–Crippen LogP) is 4.80. The number of fused-ring (bicyclic) bond motifs is 1. The fraction of sp³-hybridized carbons (Fsp3) is 0.444. The van der Waals surface area contributed by atoms with E-state index < -0.39 is 0 Å². The summed E-state index contributed by atoms with van der Waals surface area (Å²) in [6.45, 7) is 7.46. The van der Waals surface area contributed by atoms with Crippen LogP contribution in [0.1, 0.15) is 79.2 Å². The lowest BCUT2D eigenvalue weighted by molar-refractivity contribution is 0.158. The molecule has 3 aromatic heterocycles. The first-order valence-electron chi connectivity index (χ1n) is 12.6. The fourth-order valence-electron chi connectivity index (χ4n) is 5.29. The van der Waals surface area contributed by atoms with Gasteiger partial charge in [-0.3, -0.25) is 14.7 Å². The third-order valence-electron chi connectivity index (χ3n) is 7.33. The Balaban J connectivity index is 1.54. The van der Waals surface area contributed by atoms with E-state index in [9.17, 15) is 4.79 Å². The zero-order valence-electron chi connectivity index (χ0n) is 20.7. The van der Waals surface area contributed by atoms with Crippen LogP contribution in [0.5, 0.6) is 0 Å². The maximum absolute atomic E-state index is 13.2. The monoisotopic (exact) mass is 471 g/mol. The largest absolute Gasteiger partial charge is 0.322 e. The van der Waals surface area contributed by atoms with Gasteiger partial charge in [0.25, 0.3) is 5.56 Å². The molecule has 1 atom stereocenters. The number of benzene rings is 1. The number of pyridine rings is 2. The molecule has 35 heavy (non-hydrogen) atoms. The third-order valence-corrected chi connectivity index (χ3v) is 7.33. The van der Waals surface area contributed by atoms with Crippen LogP contribution in [0.4, 0.5) is 0 Å².